The minimum Gasteiger partial charge on any atom is -0.0622 e. The quantitative estimate of drug-likeness (QED) is 0.161. The molecule has 0 aliphatic rings. The fraction of sp³-hybridized carbons (Fsp3) is 0. The lowest BCUT2D eigenvalue weighted by Crippen LogP contribution is -1.94. The molecule has 0 atom stereocenters. The lowest BCUT2D eigenvalue weighted by atomic mass is 9.81. The van der Waals surface area contributed by atoms with Crippen LogP contribution in [0.2, 0.25) is 0 Å². The van der Waals surface area contributed by atoms with E-state index in [1.807, 2.05) is 0 Å². The maximum absolute atomic E-state index is 2.39. The standard InChI is InChI=1S/C52H34/c1-2-14-35(15-3-1)39-20-10-22-42(33-39)45-27-13-29-49-51(46-28-12-19-37-17-6-7-24-44(37)46)48-26-9-8-25-47(48)50(52(45)49)43-23-11-21-40(34-43)41-31-30-36-16-4-5-18-38(36)32-41/h1-34H. The smallest absolute Gasteiger partial charge is 0.00141 e. The Labute approximate surface area is 303 Å². The molecule has 0 bridgehead atoms. The van der Waals surface area contributed by atoms with E-state index in [0.29, 0.717) is 0 Å². The summed E-state index contributed by atoms with van der Waals surface area (Å²) in [6.07, 6.45) is 0. The Morgan fingerprint density at radius 2 is 0.712 bits per heavy atom. The first kappa shape index (κ1) is 30.1. The van der Waals surface area contributed by atoms with Gasteiger partial charge in [0.25, 0.3) is 0 Å². The molecule has 0 aliphatic heterocycles. The highest BCUT2D eigenvalue weighted by molar-refractivity contribution is 6.26. The molecule has 242 valence electrons. The molecule has 0 radical (unpaired) electrons. The van der Waals surface area contributed by atoms with Crippen LogP contribution < -0.4 is 0 Å². The van der Waals surface area contributed by atoms with Crippen molar-refractivity contribution in [2.75, 3.05) is 0 Å². The Morgan fingerprint density at radius 1 is 0.212 bits per heavy atom. The van der Waals surface area contributed by atoms with Gasteiger partial charge in [-0.05, 0) is 117 Å². The summed E-state index contributed by atoms with van der Waals surface area (Å²) in [7, 11) is 0. The van der Waals surface area contributed by atoms with Gasteiger partial charge < -0.3 is 0 Å². The summed E-state index contributed by atoms with van der Waals surface area (Å²) in [6, 6.07) is 75.7. The van der Waals surface area contributed by atoms with Crippen LogP contribution in [0.5, 0.6) is 0 Å². The van der Waals surface area contributed by atoms with Gasteiger partial charge >= 0.3 is 0 Å². The number of fused-ring (bicyclic) bond motifs is 4. The van der Waals surface area contributed by atoms with Crippen molar-refractivity contribution < 1.29 is 0 Å². The second-order valence-electron chi connectivity index (χ2n) is 13.6. The predicted molar refractivity (Wildman–Crippen MR) is 224 cm³/mol. The van der Waals surface area contributed by atoms with Gasteiger partial charge in [0, 0.05) is 0 Å². The van der Waals surface area contributed by atoms with Crippen LogP contribution in [-0.2, 0) is 0 Å². The van der Waals surface area contributed by atoms with Crippen molar-refractivity contribution in [3.05, 3.63) is 206 Å². The number of hydrogen-bond donors (Lipinski definition) is 0. The lowest BCUT2D eigenvalue weighted by molar-refractivity contribution is 1.60. The third-order valence-electron chi connectivity index (χ3n) is 10.6. The predicted octanol–water partition coefficient (Wildman–Crippen LogP) is 14.6. The van der Waals surface area contributed by atoms with Crippen molar-refractivity contribution >= 4 is 43.1 Å². The molecule has 0 saturated heterocycles. The minimum atomic E-state index is 1.21. The SMILES string of the molecule is c1ccc(-c2cccc(-c3cccc4c(-c5cccc6ccccc56)c5ccccc5c(-c5cccc(-c6ccc7ccccc7c6)c5)c34)c2)cc1. The van der Waals surface area contributed by atoms with Crippen molar-refractivity contribution in [3.8, 4) is 55.6 Å². The second kappa shape index (κ2) is 12.5. The Kier molecular flexibility index (Phi) is 7.25. The van der Waals surface area contributed by atoms with Crippen LogP contribution in [0, 0.1) is 0 Å². The van der Waals surface area contributed by atoms with Gasteiger partial charge in [0.05, 0.1) is 0 Å². The molecule has 0 fully saturated rings. The van der Waals surface area contributed by atoms with Gasteiger partial charge in [-0.1, -0.05) is 188 Å². The molecule has 0 aliphatic carbocycles. The minimum absolute atomic E-state index is 1.21. The van der Waals surface area contributed by atoms with Crippen molar-refractivity contribution in [3.63, 3.8) is 0 Å². The zero-order valence-electron chi connectivity index (χ0n) is 28.6. The normalized spacial score (nSPS) is 11.5. The first-order valence-corrected chi connectivity index (χ1v) is 18.0. The summed E-state index contributed by atoms with van der Waals surface area (Å²) in [4.78, 5) is 0. The van der Waals surface area contributed by atoms with Gasteiger partial charge in [-0.2, -0.15) is 0 Å². The van der Waals surface area contributed by atoms with Gasteiger partial charge in [-0.15, -0.1) is 0 Å². The summed E-state index contributed by atoms with van der Waals surface area (Å²) in [5.41, 5.74) is 12.3. The van der Waals surface area contributed by atoms with Crippen molar-refractivity contribution in [2.24, 2.45) is 0 Å². The molecule has 0 saturated carbocycles. The first-order chi connectivity index (χ1) is 25.8. The molecule has 0 N–H and O–H groups in total. The summed E-state index contributed by atoms with van der Waals surface area (Å²) >= 11 is 0. The maximum atomic E-state index is 2.39. The highest BCUT2D eigenvalue weighted by Gasteiger charge is 2.21. The Hall–Kier alpha value is -6.76. The Morgan fingerprint density at radius 3 is 1.54 bits per heavy atom. The zero-order valence-corrected chi connectivity index (χ0v) is 28.6. The monoisotopic (exact) mass is 658 g/mol. The average molecular weight is 659 g/mol. The third-order valence-corrected chi connectivity index (χ3v) is 10.6. The van der Waals surface area contributed by atoms with Gasteiger partial charge in [0.1, 0.15) is 0 Å². The maximum Gasteiger partial charge on any atom is -0.00141 e. The lowest BCUT2D eigenvalue weighted by Gasteiger charge is -2.21. The van der Waals surface area contributed by atoms with E-state index in [0.717, 1.165) is 0 Å². The Bertz CT molecular complexity index is 2940. The van der Waals surface area contributed by atoms with E-state index in [4.69, 9.17) is 0 Å². The molecular weight excluding hydrogens is 625 g/mol. The summed E-state index contributed by atoms with van der Waals surface area (Å²) in [5.74, 6) is 0. The van der Waals surface area contributed by atoms with Crippen molar-refractivity contribution in [1.29, 1.82) is 0 Å². The van der Waals surface area contributed by atoms with E-state index >= 15 is 0 Å². The fourth-order valence-corrected chi connectivity index (χ4v) is 8.22. The van der Waals surface area contributed by atoms with Gasteiger partial charge in [-0.3, -0.25) is 0 Å². The molecule has 52 heavy (non-hydrogen) atoms. The zero-order chi connectivity index (χ0) is 34.4. The molecule has 10 aromatic rings. The van der Waals surface area contributed by atoms with Gasteiger partial charge in [-0.25, -0.2) is 0 Å². The largest absolute Gasteiger partial charge is 0.0622 e. The van der Waals surface area contributed by atoms with Crippen LogP contribution in [0.3, 0.4) is 0 Å². The Balaban J connectivity index is 1.31. The van der Waals surface area contributed by atoms with Gasteiger partial charge in [0.15, 0.2) is 0 Å². The summed E-state index contributed by atoms with van der Waals surface area (Å²) in [5, 5.41) is 10.0. The number of hydrogen-bond acceptors (Lipinski definition) is 0. The van der Waals surface area contributed by atoms with Gasteiger partial charge in [0.2, 0.25) is 0 Å². The molecule has 0 spiro atoms. The highest BCUT2D eigenvalue weighted by Crippen LogP contribution is 2.48. The van der Waals surface area contributed by atoms with Crippen LogP contribution in [0.4, 0.5) is 0 Å². The molecule has 10 aromatic carbocycles. The molecule has 0 nitrogen and oxygen atoms in total. The van der Waals surface area contributed by atoms with E-state index in [1.54, 1.807) is 0 Å². The number of benzene rings is 10. The summed E-state index contributed by atoms with van der Waals surface area (Å²) in [6.45, 7) is 0. The fourth-order valence-electron chi connectivity index (χ4n) is 8.22. The molecule has 10 rings (SSSR count). The van der Waals surface area contributed by atoms with E-state index in [-0.39, 0.29) is 0 Å². The second-order valence-corrected chi connectivity index (χ2v) is 13.6. The van der Waals surface area contributed by atoms with Crippen LogP contribution in [0.25, 0.3) is 98.7 Å². The van der Waals surface area contributed by atoms with E-state index in [9.17, 15) is 0 Å². The summed E-state index contributed by atoms with van der Waals surface area (Å²) < 4.78 is 0. The van der Waals surface area contributed by atoms with Crippen LogP contribution >= 0.6 is 0 Å². The van der Waals surface area contributed by atoms with Crippen molar-refractivity contribution in [1.82, 2.24) is 0 Å². The van der Waals surface area contributed by atoms with E-state index < -0.39 is 0 Å². The van der Waals surface area contributed by atoms with Crippen LogP contribution in [0.1, 0.15) is 0 Å². The molecular formula is C52H34. The number of rotatable bonds is 5. The third kappa shape index (κ3) is 5.08. The molecule has 0 heterocycles. The molecule has 0 aromatic heterocycles. The molecule has 0 heteroatoms. The topological polar surface area (TPSA) is 0 Å². The first-order valence-electron chi connectivity index (χ1n) is 18.0. The van der Waals surface area contributed by atoms with Crippen LogP contribution in [-0.4, -0.2) is 0 Å². The van der Waals surface area contributed by atoms with Crippen LogP contribution in [0.15, 0.2) is 206 Å². The molecule has 0 unspecified atom stereocenters. The van der Waals surface area contributed by atoms with E-state index in [1.165, 1.54) is 98.7 Å². The molecule has 0 amide bonds. The van der Waals surface area contributed by atoms with Crippen molar-refractivity contribution in [2.45, 2.75) is 0 Å². The highest BCUT2D eigenvalue weighted by atomic mass is 14.2. The van der Waals surface area contributed by atoms with E-state index in [2.05, 4.69) is 206 Å². The average Bonchev–Trinajstić information content (AvgIpc) is 3.22.